The molecule has 3 heterocycles. The molecule has 0 aromatic heterocycles. The molecule has 2 bridgehead atoms. The minimum Gasteiger partial charge on any atom is -0.373 e. The lowest BCUT2D eigenvalue weighted by Gasteiger charge is -2.21. The Kier molecular flexibility index (Phi) is 4.80. The SMILES string of the molecule is O=C(CN1C(=O)C2C3CCC(O3)C2C1=O)NCC1CCCCCCC1. The molecule has 138 valence electrons. The van der Waals surface area contributed by atoms with Gasteiger partial charge in [-0.15, -0.1) is 0 Å². The molecule has 4 fully saturated rings. The fourth-order valence-corrected chi connectivity index (χ4v) is 5.13. The van der Waals surface area contributed by atoms with Gasteiger partial charge in [-0.1, -0.05) is 32.1 Å². The van der Waals surface area contributed by atoms with Crippen LogP contribution in [0.15, 0.2) is 0 Å². The molecular formula is C19H28N2O4. The number of hydrogen-bond acceptors (Lipinski definition) is 4. The summed E-state index contributed by atoms with van der Waals surface area (Å²) in [6.45, 7) is 0.535. The van der Waals surface area contributed by atoms with Gasteiger partial charge in [0.1, 0.15) is 6.54 Å². The average Bonchev–Trinajstić information content (AvgIpc) is 3.24. The molecular weight excluding hydrogens is 320 g/mol. The summed E-state index contributed by atoms with van der Waals surface area (Å²) in [5, 5.41) is 2.96. The maximum Gasteiger partial charge on any atom is 0.240 e. The van der Waals surface area contributed by atoms with E-state index in [1.807, 2.05) is 0 Å². The van der Waals surface area contributed by atoms with Gasteiger partial charge in [0, 0.05) is 6.54 Å². The van der Waals surface area contributed by atoms with Crippen LogP contribution in [-0.2, 0) is 19.1 Å². The molecule has 4 unspecified atom stereocenters. The van der Waals surface area contributed by atoms with Crippen molar-refractivity contribution < 1.29 is 19.1 Å². The van der Waals surface area contributed by atoms with Crippen molar-refractivity contribution in [2.24, 2.45) is 17.8 Å². The standard InChI is InChI=1S/C19H28N2O4/c22-15(20-10-12-6-4-2-1-3-5-7-12)11-21-18(23)16-13-8-9-14(25-13)17(16)19(21)24/h12-14,16-17H,1-11H2,(H,20,22). The van der Waals surface area contributed by atoms with Gasteiger partial charge in [0.15, 0.2) is 0 Å². The van der Waals surface area contributed by atoms with Crippen LogP contribution in [0.5, 0.6) is 0 Å². The van der Waals surface area contributed by atoms with E-state index in [1.165, 1.54) is 37.0 Å². The van der Waals surface area contributed by atoms with Crippen molar-refractivity contribution in [3.8, 4) is 0 Å². The van der Waals surface area contributed by atoms with Crippen LogP contribution in [0.4, 0.5) is 0 Å². The molecule has 3 aliphatic heterocycles. The van der Waals surface area contributed by atoms with E-state index in [1.54, 1.807) is 0 Å². The van der Waals surface area contributed by atoms with Crippen LogP contribution in [-0.4, -0.2) is 47.9 Å². The van der Waals surface area contributed by atoms with Crippen molar-refractivity contribution in [1.82, 2.24) is 10.2 Å². The Morgan fingerprint density at radius 2 is 1.48 bits per heavy atom. The second kappa shape index (κ2) is 7.06. The lowest BCUT2D eigenvalue weighted by molar-refractivity contribution is -0.146. The van der Waals surface area contributed by atoms with Crippen LogP contribution in [0.3, 0.4) is 0 Å². The first-order valence-corrected chi connectivity index (χ1v) is 9.92. The molecule has 6 nitrogen and oxygen atoms in total. The summed E-state index contributed by atoms with van der Waals surface area (Å²) in [6.07, 6.45) is 10.2. The first-order chi connectivity index (χ1) is 12.1. The minimum atomic E-state index is -0.343. The first-order valence-electron chi connectivity index (χ1n) is 9.92. The van der Waals surface area contributed by atoms with Crippen molar-refractivity contribution in [2.45, 2.75) is 70.0 Å². The number of carbonyl (C=O) groups excluding carboxylic acids is 3. The number of fused-ring (bicyclic) bond motifs is 5. The minimum absolute atomic E-state index is 0.116. The summed E-state index contributed by atoms with van der Waals surface area (Å²) in [4.78, 5) is 38.6. The molecule has 1 saturated carbocycles. The van der Waals surface area contributed by atoms with Crippen molar-refractivity contribution in [1.29, 1.82) is 0 Å². The highest BCUT2D eigenvalue weighted by Gasteiger charge is 2.62. The maximum atomic E-state index is 12.6. The summed E-state index contributed by atoms with van der Waals surface area (Å²) in [6, 6.07) is 0. The monoisotopic (exact) mass is 348 g/mol. The number of carbonyl (C=O) groups is 3. The molecule has 1 aliphatic carbocycles. The van der Waals surface area contributed by atoms with Gasteiger partial charge in [0.25, 0.3) is 0 Å². The number of imide groups is 1. The molecule has 3 amide bonds. The van der Waals surface area contributed by atoms with Crippen molar-refractivity contribution in [3.63, 3.8) is 0 Å². The molecule has 3 saturated heterocycles. The lowest BCUT2D eigenvalue weighted by atomic mass is 9.81. The third-order valence-corrected chi connectivity index (χ3v) is 6.49. The largest absolute Gasteiger partial charge is 0.373 e. The van der Waals surface area contributed by atoms with E-state index >= 15 is 0 Å². The zero-order valence-electron chi connectivity index (χ0n) is 14.7. The Morgan fingerprint density at radius 3 is 2.08 bits per heavy atom. The van der Waals surface area contributed by atoms with Crippen molar-refractivity contribution in [2.75, 3.05) is 13.1 Å². The van der Waals surface area contributed by atoms with Crippen LogP contribution in [0.1, 0.15) is 57.8 Å². The topological polar surface area (TPSA) is 75.7 Å². The van der Waals surface area contributed by atoms with Gasteiger partial charge in [0.05, 0.1) is 24.0 Å². The Morgan fingerprint density at radius 1 is 0.920 bits per heavy atom. The fraction of sp³-hybridized carbons (Fsp3) is 0.842. The highest BCUT2D eigenvalue weighted by atomic mass is 16.5. The van der Waals surface area contributed by atoms with E-state index in [9.17, 15) is 14.4 Å². The van der Waals surface area contributed by atoms with E-state index in [0.717, 1.165) is 25.7 Å². The van der Waals surface area contributed by atoms with Crippen LogP contribution in [0, 0.1) is 17.8 Å². The van der Waals surface area contributed by atoms with E-state index < -0.39 is 0 Å². The van der Waals surface area contributed by atoms with Gasteiger partial charge in [0.2, 0.25) is 17.7 Å². The fourth-order valence-electron chi connectivity index (χ4n) is 5.13. The summed E-state index contributed by atoms with van der Waals surface area (Å²) in [5.41, 5.74) is 0. The number of ether oxygens (including phenoxy) is 1. The summed E-state index contributed by atoms with van der Waals surface area (Å²) < 4.78 is 5.71. The lowest BCUT2D eigenvalue weighted by Crippen LogP contribution is -2.43. The second-order valence-corrected chi connectivity index (χ2v) is 8.12. The highest BCUT2D eigenvalue weighted by Crippen LogP contribution is 2.48. The maximum absolute atomic E-state index is 12.6. The Labute approximate surface area is 148 Å². The summed E-state index contributed by atoms with van der Waals surface area (Å²) >= 11 is 0. The third kappa shape index (κ3) is 3.21. The Balaban J connectivity index is 1.29. The zero-order valence-corrected chi connectivity index (χ0v) is 14.7. The Hall–Kier alpha value is -1.43. The number of rotatable bonds is 4. The van der Waals surface area contributed by atoms with Crippen LogP contribution >= 0.6 is 0 Å². The van der Waals surface area contributed by atoms with E-state index in [-0.39, 0.29) is 48.3 Å². The summed E-state index contributed by atoms with van der Waals surface area (Å²) in [5.74, 6) is -0.782. The molecule has 0 radical (unpaired) electrons. The van der Waals surface area contributed by atoms with Crippen LogP contribution in [0.2, 0.25) is 0 Å². The zero-order chi connectivity index (χ0) is 17.4. The van der Waals surface area contributed by atoms with Crippen LogP contribution in [0.25, 0.3) is 0 Å². The summed E-state index contributed by atoms with van der Waals surface area (Å²) in [7, 11) is 0. The third-order valence-electron chi connectivity index (χ3n) is 6.49. The average molecular weight is 348 g/mol. The number of likely N-dealkylation sites (tertiary alicyclic amines) is 1. The quantitative estimate of drug-likeness (QED) is 0.784. The highest BCUT2D eigenvalue weighted by molar-refractivity contribution is 6.08. The van der Waals surface area contributed by atoms with Gasteiger partial charge < -0.3 is 10.1 Å². The van der Waals surface area contributed by atoms with Gasteiger partial charge in [-0.2, -0.15) is 0 Å². The first kappa shape index (κ1) is 17.0. The van der Waals surface area contributed by atoms with Gasteiger partial charge in [-0.25, -0.2) is 0 Å². The van der Waals surface area contributed by atoms with Gasteiger partial charge >= 0.3 is 0 Å². The molecule has 0 aromatic rings. The number of nitrogens with one attached hydrogen (secondary N) is 1. The molecule has 0 aromatic carbocycles. The molecule has 4 rings (SSSR count). The smallest absolute Gasteiger partial charge is 0.240 e. The van der Waals surface area contributed by atoms with E-state index in [2.05, 4.69) is 5.32 Å². The van der Waals surface area contributed by atoms with E-state index in [0.29, 0.717) is 12.5 Å². The predicted molar refractivity (Wildman–Crippen MR) is 90.4 cm³/mol. The van der Waals surface area contributed by atoms with Crippen molar-refractivity contribution in [3.05, 3.63) is 0 Å². The number of hydrogen-bond donors (Lipinski definition) is 1. The number of amides is 3. The molecule has 6 heteroatoms. The number of nitrogens with zero attached hydrogens (tertiary/aromatic N) is 1. The van der Waals surface area contributed by atoms with Gasteiger partial charge in [-0.05, 0) is 31.6 Å². The van der Waals surface area contributed by atoms with Gasteiger partial charge in [-0.3, -0.25) is 19.3 Å². The van der Waals surface area contributed by atoms with E-state index in [4.69, 9.17) is 4.74 Å². The van der Waals surface area contributed by atoms with Crippen molar-refractivity contribution >= 4 is 17.7 Å². The van der Waals surface area contributed by atoms with Crippen LogP contribution < -0.4 is 5.32 Å². The molecule has 4 aliphatic rings. The molecule has 25 heavy (non-hydrogen) atoms. The predicted octanol–water partition coefficient (Wildman–Crippen LogP) is 1.63. The second-order valence-electron chi connectivity index (χ2n) is 8.12. The molecule has 4 atom stereocenters. The molecule has 1 N–H and O–H groups in total. The normalized spacial score (nSPS) is 35.6. The Bertz CT molecular complexity index is 528. The molecule has 0 spiro atoms.